The zero-order valence-electron chi connectivity index (χ0n) is 12.0. The highest BCUT2D eigenvalue weighted by atomic mass is 16.2. The zero-order chi connectivity index (χ0) is 15.0. The van der Waals surface area contributed by atoms with Gasteiger partial charge in [-0.3, -0.25) is 9.59 Å². The second kappa shape index (κ2) is 5.05. The number of rotatable bonds is 2. The molecule has 1 aliphatic heterocycles. The normalized spacial score (nSPS) is 16.8. The van der Waals surface area contributed by atoms with E-state index in [0.29, 0.717) is 5.69 Å². The van der Waals surface area contributed by atoms with Gasteiger partial charge >= 0.3 is 0 Å². The standard InChI is InChI=1S/C17H16N2O2/c1-11-7-9-12(10-8-11)18-16(20)15-13-5-3-4-6-14(13)19(2)17(15)21/h3-10,15H,1-2H3,(H,18,20)/t15-/m0/s1. The summed E-state index contributed by atoms with van der Waals surface area (Å²) < 4.78 is 0. The van der Waals surface area contributed by atoms with Crippen LogP contribution in [0.4, 0.5) is 11.4 Å². The number of anilines is 2. The fourth-order valence-electron chi connectivity index (χ4n) is 2.59. The molecule has 0 aromatic heterocycles. The first kappa shape index (κ1) is 13.4. The molecule has 0 spiro atoms. The summed E-state index contributed by atoms with van der Waals surface area (Å²) in [4.78, 5) is 26.3. The number of aryl methyl sites for hydroxylation is 1. The molecule has 1 aliphatic rings. The number of likely N-dealkylation sites (N-methyl/N-ethyl adjacent to an activating group) is 1. The zero-order valence-corrected chi connectivity index (χ0v) is 12.0. The van der Waals surface area contributed by atoms with E-state index in [1.807, 2.05) is 55.5 Å². The smallest absolute Gasteiger partial charge is 0.243 e. The number of amides is 2. The number of para-hydroxylation sites is 1. The molecule has 0 saturated heterocycles. The fourth-order valence-corrected chi connectivity index (χ4v) is 2.59. The summed E-state index contributed by atoms with van der Waals surface area (Å²) in [6.45, 7) is 1.98. The average molecular weight is 280 g/mol. The van der Waals surface area contributed by atoms with Gasteiger partial charge in [0, 0.05) is 18.4 Å². The summed E-state index contributed by atoms with van der Waals surface area (Å²) in [5, 5.41) is 2.82. The number of carbonyl (C=O) groups is 2. The molecule has 0 aliphatic carbocycles. The first-order chi connectivity index (χ1) is 10.1. The van der Waals surface area contributed by atoms with Crippen LogP contribution in [0.3, 0.4) is 0 Å². The number of nitrogens with one attached hydrogen (secondary N) is 1. The van der Waals surface area contributed by atoms with Crippen LogP contribution in [0.1, 0.15) is 17.0 Å². The van der Waals surface area contributed by atoms with E-state index in [2.05, 4.69) is 5.32 Å². The molecule has 3 rings (SSSR count). The first-order valence-electron chi connectivity index (χ1n) is 6.82. The summed E-state index contributed by atoms with van der Waals surface area (Å²) in [7, 11) is 1.69. The van der Waals surface area contributed by atoms with Gasteiger partial charge < -0.3 is 10.2 Å². The first-order valence-corrected chi connectivity index (χ1v) is 6.82. The van der Waals surface area contributed by atoms with Crippen molar-refractivity contribution in [3.63, 3.8) is 0 Å². The Labute approximate surface area is 123 Å². The highest BCUT2D eigenvalue weighted by Gasteiger charge is 2.39. The molecular weight excluding hydrogens is 264 g/mol. The van der Waals surface area contributed by atoms with Crippen molar-refractivity contribution in [2.24, 2.45) is 0 Å². The molecule has 0 fully saturated rings. The summed E-state index contributed by atoms with van der Waals surface area (Å²) >= 11 is 0. The Kier molecular flexibility index (Phi) is 3.22. The largest absolute Gasteiger partial charge is 0.325 e. The molecule has 0 unspecified atom stereocenters. The number of fused-ring (bicyclic) bond motifs is 1. The van der Waals surface area contributed by atoms with Crippen molar-refractivity contribution in [1.82, 2.24) is 0 Å². The van der Waals surface area contributed by atoms with Crippen LogP contribution in [-0.2, 0) is 9.59 Å². The van der Waals surface area contributed by atoms with Crippen molar-refractivity contribution in [1.29, 1.82) is 0 Å². The Balaban J connectivity index is 1.88. The number of benzene rings is 2. The highest BCUT2D eigenvalue weighted by Crippen LogP contribution is 2.36. The maximum absolute atomic E-state index is 12.5. The Morgan fingerprint density at radius 3 is 2.48 bits per heavy atom. The molecule has 2 amide bonds. The third kappa shape index (κ3) is 2.29. The molecule has 4 nitrogen and oxygen atoms in total. The lowest BCUT2D eigenvalue weighted by molar-refractivity contribution is -0.126. The topological polar surface area (TPSA) is 49.4 Å². The van der Waals surface area contributed by atoms with E-state index < -0.39 is 5.92 Å². The van der Waals surface area contributed by atoms with Crippen LogP contribution in [0.15, 0.2) is 48.5 Å². The van der Waals surface area contributed by atoms with Crippen molar-refractivity contribution >= 4 is 23.2 Å². The van der Waals surface area contributed by atoms with Crippen molar-refractivity contribution in [3.05, 3.63) is 59.7 Å². The third-order valence-electron chi connectivity index (χ3n) is 3.77. The van der Waals surface area contributed by atoms with Crippen LogP contribution in [0.25, 0.3) is 0 Å². The second-order valence-corrected chi connectivity index (χ2v) is 5.24. The lowest BCUT2D eigenvalue weighted by atomic mass is 10.00. The number of hydrogen-bond donors (Lipinski definition) is 1. The van der Waals surface area contributed by atoms with Gasteiger partial charge in [-0.2, -0.15) is 0 Å². The number of nitrogens with zero attached hydrogens (tertiary/aromatic N) is 1. The molecule has 1 atom stereocenters. The SMILES string of the molecule is Cc1ccc(NC(=O)[C@H]2C(=O)N(C)c3ccccc32)cc1. The molecule has 1 N–H and O–H groups in total. The number of carbonyl (C=O) groups excluding carboxylic acids is 2. The highest BCUT2D eigenvalue weighted by molar-refractivity contribution is 6.20. The maximum Gasteiger partial charge on any atom is 0.243 e. The minimum atomic E-state index is -0.771. The van der Waals surface area contributed by atoms with Crippen molar-refractivity contribution in [3.8, 4) is 0 Å². The average Bonchev–Trinajstić information content (AvgIpc) is 2.74. The molecule has 0 saturated carbocycles. The Morgan fingerprint density at radius 1 is 1.10 bits per heavy atom. The van der Waals surface area contributed by atoms with E-state index in [1.54, 1.807) is 7.05 Å². The molecule has 106 valence electrons. The van der Waals surface area contributed by atoms with E-state index in [9.17, 15) is 9.59 Å². The van der Waals surface area contributed by atoms with Gasteiger partial charge in [0.05, 0.1) is 0 Å². The maximum atomic E-state index is 12.5. The fraction of sp³-hybridized carbons (Fsp3) is 0.176. The summed E-state index contributed by atoms with van der Waals surface area (Å²) in [6, 6.07) is 14.9. The van der Waals surface area contributed by atoms with Crippen molar-refractivity contribution < 1.29 is 9.59 Å². The summed E-state index contributed by atoms with van der Waals surface area (Å²) in [5.41, 5.74) is 3.38. The molecule has 1 heterocycles. The van der Waals surface area contributed by atoms with Crippen molar-refractivity contribution in [2.75, 3.05) is 17.3 Å². The predicted octanol–water partition coefficient (Wildman–Crippen LogP) is 2.69. The minimum Gasteiger partial charge on any atom is -0.325 e. The van der Waals surface area contributed by atoms with E-state index >= 15 is 0 Å². The van der Waals surface area contributed by atoms with Gasteiger partial charge in [0.1, 0.15) is 5.92 Å². The molecule has 4 heteroatoms. The van der Waals surface area contributed by atoms with Gasteiger partial charge in [-0.1, -0.05) is 35.9 Å². The van der Waals surface area contributed by atoms with Gasteiger partial charge in [0.15, 0.2) is 0 Å². The van der Waals surface area contributed by atoms with E-state index in [0.717, 1.165) is 16.8 Å². The molecular formula is C17H16N2O2. The van der Waals surface area contributed by atoms with E-state index in [-0.39, 0.29) is 11.8 Å². The lowest BCUT2D eigenvalue weighted by Crippen LogP contribution is -2.31. The van der Waals surface area contributed by atoms with Gasteiger partial charge in [0.25, 0.3) is 0 Å². The van der Waals surface area contributed by atoms with Crippen LogP contribution in [0, 0.1) is 6.92 Å². The molecule has 2 aromatic carbocycles. The summed E-state index contributed by atoms with van der Waals surface area (Å²) in [5.74, 6) is -1.26. The predicted molar refractivity (Wildman–Crippen MR) is 82.4 cm³/mol. The van der Waals surface area contributed by atoms with Crippen LogP contribution in [0.2, 0.25) is 0 Å². The Hall–Kier alpha value is -2.62. The molecule has 2 aromatic rings. The minimum absolute atomic E-state index is 0.194. The second-order valence-electron chi connectivity index (χ2n) is 5.24. The number of hydrogen-bond acceptors (Lipinski definition) is 2. The monoisotopic (exact) mass is 280 g/mol. The lowest BCUT2D eigenvalue weighted by Gasteiger charge is -2.12. The van der Waals surface area contributed by atoms with Crippen LogP contribution in [-0.4, -0.2) is 18.9 Å². The van der Waals surface area contributed by atoms with Crippen LogP contribution < -0.4 is 10.2 Å². The Morgan fingerprint density at radius 2 is 1.76 bits per heavy atom. The van der Waals surface area contributed by atoms with E-state index in [1.165, 1.54) is 4.90 Å². The third-order valence-corrected chi connectivity index (χ3v) is 3.77. The van der Waals surface area contributed by atoms with Gasteiger partial charge in [-0.15, -0.1) is 0 Å². The van der Waals surface area contributed by atoms with Crippen LogP contribution in [0.5, 0.6) is 0 Å². The molecule has 0 bridgehead atoms. The molecule has 21 heavy (non-hydrogen) atoms. The molecule has 0 radical (unpaired) electrons. The van der Waals surface area contributed by atoms with Gasteiger partial charge in [0.2, 0.25) is 11.8 Å². The van der Waals surface area contributed by atoms with Gasteiger partial charge in [-0.25, -0.2) is 0 Å². The Bertz CT molecular complexity index is 707. The van der Waals surface area contributed by atoms with Gasteiger partial charge in [-0.05, 0) is 30.7 Å². The van der Waals surface area contributed by atoms with Crippen molar-refractivity contribution in [2.45, 2.75) is 12.8 Å². The quantitative estimate of drug-likeness (QED) is 0.860. The van der Waals surface area contributed by atoms with E-state index in [4.69, 9.17) is 0 Å². The summed E-state index contributed by atoms with van der Waals surface area (Å²) in [6.07, 6.45) is 0. The van der Waals surface area contributed by atoms with Crippen LogP contribution >= 0.6 is 0 Å².